The van der Waals surface area contributed by atoms with Gasteiger partial charge in [-0.1, -0.05) is 42.0 Å². The third-order valence-electron chi connectivity index (χ3n) is 3.89. The lowest BCUT2D eigenvalue weighted by molar-refractivity contribution is 0.582. The molecule has 3 heterocycles. The van der Waals surface area contributed by atoms with E-state index >= 15 is 0 Å². The number of aromatic nitrogens is 3. The van der Waals surface area contributed by atoms with E-state index < -0.39 is 0 Å². The van der Waals surface area contributed by atoms with Crippen LogP contribution < -0.4 is 5.56 Å². The van der Waals surface area contributed by atoms with Crippen molar-refractivity contribution in [3.8, 4) is 28.7 Å². The molecule has 1 aromatic carbocycles. The number of pyridine rings is 2. The fraction of sp³-hybridized carbons (Fsp3) is 0.0500. The first-order valence-electron chi connectivity index (χ1n) is 7.89. The summed E-state index contributed by atoms with van der Waals surface area (Å²) in [5.74, 6) is 1.55. The summed E-state index contributed by atoms with van der Waals surface area (Å²) in [6, 6.07) is 18.4. The van der Waals surface area contributed by atoms with Gasteiger partial charge in [0.15, 0.2) is 5.76 Å². The molecule has 25 heavy (non-hydrogen) atoms. The number of oxazole rings is 1. The van der Waals surface area contributed by atoms with Gasteiger partial charge in [-0.3, -0.25) is 9.36 Å². The molecule has 0 saturated carbocycles. The van der Waals surface area contributed by atoms with E-state index in [9.17, 15) is 4.79 Å². The van der Waals surface area contributed by atoms with Crippen LogP contribution in [0.5, 0.6) is 0 Å². The van der Waals surface area contributed by atoms with Crippen molar-refractivity contribution < 1.29 is 4.42 Å². The Morgan fingerprint density at radius 3 is 2.52 bits per heavy atom. The third-order valence-corrected chi connectivity index (χ3v) is 3.89. The van der Waals surface area contributed by atoms with Crippen molar-refractivity contribution in [3.63, 3.8) is 0 Å². The fourth-order valence-electron chi connectivity index (χ4n) is 2.62. The summed E-state index contributed by atoms with van der Waals surface area (Å²) < 4.78 is 7.40. The van der Waals surface area contributed by atoms with E-state index in [-0.39, 0.29) is 5.56 Å². The first kappa shape index (κ1) is 15.1. The van der Waals surface area contributed by atoms with Gasteiger partial charge in [0, 0.05) is 17.8 Å². The van der Waals surface area contributed by atoms with Crippen LogP contribution in [0.4, 0.5) is 0 Å². The lowest BCUT2D eigenvalue weighted by Crippen LogP contribution is -2.19. The zero-order valence-electron chi connectivity index (χ0n) is 13.6. The Balaban J connectivity index is 1.83. The Morgan fingerprint density at radius 1 is 0.920 bits per heavy atom. The molecule has 0 bridgehead atoms. The van der Waals surface area contributed by atoms with Crippen LogP contribution >= 0.6 is 0 Å². The van der Waals surface area contributed by atoms with E-state index in [0.29, 0.717) is 23.2 Å². The van der Waals surface area contributed by atoms with E-state index in [0.717, 1.165) is 5.56 Å². The number of hydrogen-bond donors (Lipinski definition) is 0. The highest BCUT2D eigenvalue weighted by Crippen LogP contribution is 2.26. The van der Waals surface area contributed by atoms with E-state index in [1.54, 1.807) is 36.7 Å². The molecule has 5 heteroatoms. The standard InChI is InChI=1S/C20H15N3O2/c1-14-8-10-15(11-9-14)17-13-22-20(25-17)16-5-4-7-19(24)23(16)18-6-2-3-12-21-18/h2-13H,1H3. The third kappa shape index (κ3) is 2.87. The van der Waals surface area contributed by atoms with Crippen LogP contribution in [0.25, 0.3) is 28.7 Å². The second kappa shape index (κ2) is 6.20. The van der Waals surface area contributed by atoms with Crippen LogP contribution in [-0.4, -0.2) is 14.5 Å². The number of aryl methyl sites for hydroxylation is 1. The summed E-state index contributed by atoms with van der Waals surface area (Å²) in [5, 5.41) is 0. The van der Waals surface area contributed by atoms with Gasteiger partial charge in [-0.2, -0.15) is 0 Å². The molecule has 4 aromatic rings. The Morgan fingerprint density at radius 2 is 1.76 bits per heavy atom. The number of benzene rings is 1. The lowest BCUT2D eigenvalue weighted by atomic mass is 10.1. The Kier molecular flexibility index (Phi) is 3.74. The maximum absolute atomic E-state index is 12.4. The van der Waals surface area contributed by atoms with E-state index in [2.05, 4.69) is 9.97 Å². The summed E-state index contributed by atoms with van der Waals surface area (Å²) in [6.07, 6.45) is 3.31. The zero-order chi connectivity index (χ0) is 17.2. The number of hydrogen-bond acceptors (Lipinski definition) is 4. The SMILES string of the molecule is Cc1ccc(-c2cnc(-c3cccc(=O)n3-c3ccccn3)o2)cc1. The first-order valence-corrected chi connectivity index (χ1v) is 7.89. The summed E-state index contributed by atoms with van der Waals surface area (Å²) in [4.78, 5) is 21.0. The minimum Gasteiger partial charge on any atom is -0.435 e. The molecule has 0 aliphatic rings. The average Bonchev–Trinajstić information content (AvgIpc) is 3.13. The largest absolute Gasteiger partial charge is 0.435 e. The average molecular weight is 329 g/mol. The molecule has 0 aliphatic carbocycles. The predicted molar refractivity (Wildman–Crippen MR) is 95.5 cm³/mol. The summed E-state index contributed by atoms with van der Waals surface area (Å²) in [5.41, 5.74) is 2.48. The molecule has 122 valence electrons. The molecule has 0 amide bonds. The van der Waals surface area contributed by atoms with Gasteiger partial charge in [0.1, 0.15) is 11.5 Å². The van der Waals surface area contributed by atoms with E-state index in [1.807, 2.05) is 37.3 Å². The van der Waals surface area contributed by atoms with Crippen LogP contribution in [-0.2, 0) is 0 Å². The molecule has 0 spiro atoms. The molecule has 0 fully saturated rings. The maximum atomic E-state index is 12.4. The van der Waals surface area contributed by atoms with Crippen LogP contribution in [0.2, 0.25) is 0 Å². The summed E-state index contributed by atoms with van der Waals surface area (Å²) in [6.45, 7) is 2.03. The topological polar surface area (TPSA) is 60.9 Å². The molecular formula is C20H15N3O2. The monoisotopic (exact) mass is 329 g/mol. The molecule has 0 N–H and O–H groups in total. The highest BCUT2D eigenvalue weighted by atomic mass is 16.4. The Labute approximate surface area is 144 Å². The number of rotatable bonds is 3. The van der Waals surface area contributed by atoms with Crippen molar-refractivity contribution in [2.24, 2.45) is 0 Å². The van der Waals surface area contributed by atoms with Gasteiger partial charge < -0.3 is 4.42 Å². The van der Waals surface area contributed by atoms with E-state index in [4.69, 9.17) is 4.42 Å². The number of nitrogens with zero attached hydrogens (tertiary/aromatic N) is 3. The maximum Gasteiger partial charge on any atom is 0.256 e. The second-order valence-corrected chi connectivity index (χ2v) is 5.67. The van der Waals surface area contributed by atoms with Crippen molar-refractivity contribution in [1.29, 1.82) is 0 Å². The van der Waals surface area contributed by atoms with Crippen molar-refractivity contribution in [3.05, 3.63) is 89.0 Å². The molecule has 0 radical (unpaired) electrons. The minimum atomic E-state index is -0.189. The van der Waals surface area contributed by atoms with Gasteiger partial charge in [-0.25, -0.2) is 9.97 Å². The molecule has 4 rings (SSSR count). The van der Waals surface area contributed by atoms with Gasteiger partial charge in [0.05, 0.1) is 6.20 Å². The first-order chi connectivity index (χ1) is 12.2. The second-order valence-electron chi connectivity index (χ2n) is 5.67. The van der Waals surface area contributed by atoms with Crippen molar-refractivity contribution >= 4 is 0 Å². The molecule has 0 atom stereocenters. The van der Waals surface area contributed by atoms with Crippen LogP contribution in [0.3, 0.4) is 0 Å². The summed E-state index contributed by atoms with van der Waals surface area (Å²) in [7, 11) is 0. The highest BCUT2D eigenvalue weighted by molar-refractivity contribution is 5.60. The van der Waals surface area contributed by atoms with Gasteiger partial charge >= 0.3 is 0 Å². The lowest BCUT2D eigenvalue weighted by Gasteiger charge is -2.08. The van der Waals surface area contributed by atoms with Crippen LogP contribution in [0, 0.1) is 6.92 Å². The van der Waals surface area contributed by atoms with Gasteiger partial charge in [0.25, 0.3) is 5.56 Å². The van der Waals surface area contributed by atoms with E-state index in [1.165, 1.54) is 16.2 Å². The molecule has 0 aliphatic heterocycles. The molecule has 0 saturated heterocycles. The van der Waals surface area contributed by atoms with Crippen LogP contribution in [0.1, 0.15) is 5.56 Å². The highest BCUT2D eigenvalue weighted by Gasteiger charge is 2.14. The predicted octanol–water partition coefficient (Wildman–Crippen LogP) is 3.86. The minimum absolute atomic E-state index is 0.189. The molecule has 3 aromatic heterocycles. The smallest absolute Gasteiger partial charge is 0.256 e. The van der Waals surface area contributed by atoms with Crippen molar-refractivity contribution in [2.75, 3.05) is 0 Å². The molecule has 0 unspecified atom stereocenters. The van der Waals surface area contributed by atoms with Gasteiger partial charge in [0.2, 0.25) is 5.89 Å². The van der Waals surface area contributed by atoms with Crippen molar-refractivity contribution in [2.45, 2.75) is 6.92 Å². The zero-order valence-corrected chi connectivity index (χ0v) is 13.6. The molecule has 5 nitrogen and oxygen atoms in total. The quantitative estimate of drug-likeness (QED) is 0.572. The van der Waals surface area contributed by atoms with Gasteiger partial charge in [-0.15, -0.1) is 0 Å². The Bertz CT molecular complexity index is 1060. The normalized spacial score (nSPS) is 10.8. The fourth-order valence-corrected chi connectivity index (χ4v) is 2.62. The summed E-state index contributed by atoms with van der Waals surface area (Å²) >= 11 is 0. The van der Waals surface area contributed by atoms with Gasteiger partial charge in [-0.05, 0) is 25.1 Å². The Hall–Kier alpha value is -3.47. The molecular weight excluding hydrogens is 314 g/mol. The van der Waals surface area contributed by atoms with Crippen molar-refractivity contribution in [1.82, 2.24) is 14.5 Å². The van der Waals surface area contributed by atoms with Crippen LogP contribution in [0.15, 0.2) is 82.3 Å².